The maximum absolute atomic E-state index is 10.9. The van der Waals surface area contributed by atoms with E-state index in [4.69, 9.17) is 9.52 Å². The predicted octanol–water partition coefficient (Wildman–Crippen LogP) is 1.88. The van der Waals surface area contributed by atoms with Crippen LogP contribution in [0.5, 0.6) is 0 Å². The third-order valence-corrected chi connectivity index (χ3v) is 2.64. The molecule has 5 heteroatoms. The van der Waals surface area contributed by atoms with Gasteiger partial charge in [0.15, 0.2) is 0 Å². The first-order valence-electron chi connectivity index (χ1n) is 6.00. The van der Waals surface area contributed by atoms with Gasteiger partial charge in [-0.2, -0.15) is 0 Å². The van der Waals surface area contributed by atoms with Crippen LogP contribution >= 0.6 is 0 Å². The molecule has 1 heterocycles. The molecule has 0 bridgehead atoms. The van der Waals surface area contributed by atoms with Crippen molar-refractivity contribution in [2.45, 2.75) is 39.8 Å². The number of hydrogen-bond acceptors (Lipinski definition) is 4. The van der Waals surface area contributed by atoms with Crippen LogP contribution in [0.25, 0.3) is 0 Å². The van der Waals surface area contributed by atoms with Gasteiger partial charge in [-0.15, -0.1) is 0 Å². The summed E-state index contributed by atoms with van der Waals surface area (Å²) >= 11 is 0. The Balaban J connectivity index is 2.76. The fraction of sp³-hybridized carbons (Fsp3) is 0.615. The van der Waals surface area contributed by atoms with Crippen LogP contribution in [0.4, 0.5) is 0 Å². The molecule has 0 aromatic carbocycles. The van der Waals surface area contributed by atoms with Gasteiger partial charge in [0.05, 0.1) is 12.1 Å². The Bertz CT molecular complexity index is 417. The second kappa shape index (κ2) is 5.54. The summed E-state index contributed by atoms with van der Waals surface area (Å²) in [5.41, 5.74) is -0.586. The summed E-state index contributed by atoms with van der Waals surface area (Å²) in [6, 6.07) is 1.55. The zero-order valence-corrected chi connectivity index (χ0v) is 11.4. The Morgan fingerprint density at radius 3 is 2.50 bits per heavy atom. The Kier molecular flexibility index (Phi) is 4.53. The zero-order chi connectivity index (χ0) is 13.9. The minimum Gasteiger partial charge on any atom is -0.478 e. The minimum absolute atomic E-state index is 0.198. The quantitative estimate of drug-likeness (QED) is 0.812. The number of carboxylic acids is 1. The van der Waals surface area contributed by atoms with Crippen LogP contribution in [0, 0.1) is 6.92 Å². The van der Waals surface area contributed by atoms with Gasteiger partial charge in [-0.25, -0.2) is 4.79 Å². The highest BCUT2D eigenvalue weighted by Crippen LogP contribution is 2.17. The Morgan fingerprint density at radius 2 is 2.11 bits per heavy atom. The standard InChI is InChI=1S/C13H21NO4/c1-5-14(8-13(3,4)17)7-10-6-11(12(15)16)9(2)18-10/h6,17H,5,7-8H2,1-4H3,(H,15,16). The Labute approximate surface area is 107 Å². The highest BCUT2D eigenvalue weighted by molar-refractivity contribution is 5.88. The summed E-state index contributed by atoms with van der Waals surface area (Å²) in [6.45, 7) is 8.86. The maximum Gasteiger partial charge on any atom is 0.339 e. The molecule has 0 unspecified atom stereocenters. The Hall–Kier alpha value is -1.33. The third-order valence-electron chi connectivity index (χ3n) is 2.64. The van der Waals surface area contributed by atoms with Crippen molar-refractivity contribution in [1.29, 1.82) is 0 Å². The van der Waals surface area contributed by atoms with Crippen LogP contribution in [0.15, 0.2) is 10.5 Å². The number of carboxylic acid groups (broad SMARTS) is 1. The normalized spacial score (nSPS) is 12.1. The summed E-state index contributed by atoms with van der Waals surface area (Å²) in [5, 5.41) is 18.7. The van der Waals surface area contributed by atoms with Crippen LogP contribution in [0.3, 0.4) is 0 Å². The molecule has 5 nitrogen and oxygen atoms in total. The van der Waals surface area contributed by atoms with E-state index in [1.807, 2.05) is 11.8 Å². The van der Waals surface area contributed by atoms with Gasteiger partial charge in [-0.1, -0.05) is 6.92 Å². The molecule has 0 radical (unpaired) electrons. The molecule has 1 aromatic rings. The average Bonchev–Trinajstić information content (AvgIpc) is 2.56. The molecule has 102 valence electrons. The number of hydrogen-bond donors (Lipinski definition) is 2. The van der Waals surface area contributed by atoms with Crippen LogP contribution in [0.2, 0.25) is 0 Å². The van der Waals surface area contributed by atoms with Gasteiger partial charge < -0.3 is 14.6 Å². The van der Waals surface area contributed by atoms with Gasteiger partial charge in [0.1, 0.15) is 17.1 Å². The highest BCUT2D eigenvalue weighted by Gasteiger charge is 2.20. The van der Waals surface area contributed by atoms with Crippen molar-refractivity contribution >= 4 is 5.97 Å². The van der Waals surface area contributed by atoms with E-state index < -0.39 is 11.6 Å². The van der Waals surface area contributed by atoms with Gasteiger partial charge in [0.2, 0.25) is 0 Å². The lowest BCUT2D eigenvalue weighted by Crippen LogP contribution is -2.38. The van der Waals surface area contributed by atoms with Crippen LogP contribution in [-0.2, 0) is 6.54 Å². The molecule has 1 rings (SSSR count). The smallest absolute Gasteiger partial charge is 0.339 e. The number of rotatable bonds is 6. The van der Waals surface area contributed by atoms with Crippen molar-refractivity contribution in [3.8, 4) is 0 Å². The van der Waals surface area contributed by atoms with E-state index in [1.165, 1.54) is 0 Å². The molecule has 0 aliphatic carbocycles. The maximum atomic E-state index is 10.9. The van der Waals surface area contributed by atoms with Gasteiger partial charge in [0.25, 0.3) is 0 Å². The predicted molar refractivity (Wildman–Crippen MR) is 67.7 cm³/mol. The van der Waals surface area contributed by atoms with Gasteiger partial charge in [0, 0.05) is 6.54 Å². The molecule has 0 aliphatic heterocycles. The molecule has 0 saturated heterocycles. The number of nitrogens with zero attached hydrogens (tertiary/aromatic N) is 1. The number of furan rings is 1. The van der Waals surface area contributed by atoms with E-state index in [2.05, 4.69) is 0 Å². The first-order valence-corrected chi connectivity index (χ1v) is 6.00. The van der Waals surface area contributed by atoms with Crippen LogP contribution < -0.4 is 0 Å². The van der Waals surface area contributed by atoms with Gasteiger partial charge in [-0.05, 0) is 33.4 Å². The molecular weight excluding hydrogens is 234 g/mol. The van der Waals surface area contributed by atoms with Crippen molar-refractivity contribution < 1.29 is 19.4 Å². The summed E-state index contributed by atoms with van der Waals surface area (Å²) in [7, 11) is 0. The summed E-state index contributed by atoms with van der Waals surface area (Å²) in [6.07, 6.45) is 0. The van der Waals surface area contributed by atoms with Crippen molar-refractivity contribution in [3.05, 3.63) is 23.2 Å². The number of likely N-dealkylation sites (N-methyl/N-ethyl adjacent to an activating group) is 1. The SMILES string of the molecule is CCN(Cc1cc(C(=O)O)c(C)o1)CC(C)(C)O. The third kappa shape index (κ3) is 4.16. The van der Waals surface area contributed by atoms with Crippen LogP contribution in [-0.4, -0.2) is 39.8 Å². The molecule has 18 heavy (non-hydrogen) atoms. The van der Waals surface area contributed by atoms with E-state index in [-0.39, 0.29) is 5.56 Å². The fourth-order valence-electron chi connectivity index (χ4n) is 1.88. The molecule has 0 fully saturated rings. The van der Waals surface area contributed by atoms with Crippen molar-refractivity contribution in [1.82, 2.24) is 4.90 Å². The molecular formula is C13H21NO4. The number of aryl methyl sites for hydroxylation is 1. The van der Waals surface area contributed by atoms with E-state index in [0.717, 1.165) is 6.54 Å². The first kappa shape index (κ1) is 14.7. The molecule has 0 atom stereocenters. The summed E-state index contributed by atoms with van der Waals surface area (Å²) in [4.78, 5) is 12.9. The summed E-state index contributed by atoms with van der Waals surface area (Å²) < 4.78 is 5.42. The fourth-order valence-corrected chi connectivity index (χ4v) is 1.88. The Morgan fingerprint density at radius 1 is 1.50 bits per heavy atom. The largest absolute Gasteiger partial charge is 0.478 e. The molecule has 0 amide bonds. The second-order valence-electron chi connectivity index (χ2n) is 5.10. The lowest BCUT2D eigenvalue weighted by molar-refractivity contribution is 0.0333. The monoisotopic (exact) mass is 255 g/mol. The van der Waals surface area contributed by atoms with Crippen molar-refractivity contribution in [2.24, 2.45) is 0 Å². The van der Waals surface area contributed by atoms with E-state index in [9.17, 15) is 9.90 Å². The minimum atomic E-state index is -0.979. The molecule has 1 aromatic heterocycles. The zero-order valence-electron chi connectivity index (χ0n) is 11.4. The molecule has 0 saturated carbocycles. The van der Waals surface area contributed by atoms with Crippen molar-refractivity contribution in [2.75, 3.05) is 13.1 Å². The van der Waals surface area contributed by atoms with E-state index in [1.54, 1.807) is 26.8 Å². The lowest BCUT2D eigenvalue weighted by atomic mass is 10.1. The topological polar surface area (TPSA) is 73.9 Å². The van der Waals surface area contributed by atoms with Gasteiger partial charge in [-0.3, -0.25) is 4.90 Å². The lowest BCUT2D eigenvalue weighted by Gasteiger charge is -2.27. The van der Waals surface area contributed by atoms with Crippen LogP contribution in [0.1, 0.15) is 42.6 Å². The van der Waals surface area contributed by atoms with E-state index >= 15 is 0 Å². The summed E-state index contributed by atoms with van der Waals surface area (Å²) in [5.74, 6) is 0.0425. The number of carbonyl (C=O) groups is 1. The molecule has 0 aliphatic rings. The molecule has 0 spiro atoms. The van der Waals surface area contributed by atoms with Gasteiger partial charge >= 0.3 is 5.97 Å². The van der Waals surface area contributed by atoms with Crippen molar-refractivity contribution in [3.63, 3.8) is 0 Å². The highest BCUT2D eigenvalue weighted by atomic mass is 16.4. The molecule has 2 N–H and O–H groups in total. The second-order valence-corrected chi connectivity index (χ2v) is 5.10. The average molecular weight is 255 g/mol. The number of aliphatic hydroxyl groups is 1. The number of aromatic carboxylic acids is 1. The first-order chi connectivity index (χ1) is 8.23. The van der Waals surface area contributed by atoms with E-state index in [0.29, 0.717) is 24.6 Å².